The van der Waals surface area contributed by atoms with Crippen LogP contribution in [0.2, 0.25) is 0 Å². The second-order valence-electron chi connectivity index (χ2n) is 4.77. The van der Waals surface area contributed by atoms with E-state index >= 15 is 0 Å². The number of carbonyl (C=O) groups excluding carboxylic acids is 2. The molecule has 0 fully saturated rings. The van der Waals surface area contributed by atoms with Gasteiger partial charge in [-0.15, -0.1) is 10.2 Å². The summed E-state index contributed by atoms with van der Waals surface area (Å²) in [6, 6.07) is 0. The molecule has 22 heavy (non-hydrogen) atoms. The van der Waals surface area contributed by atoms with Crippen LogP contribution in [-0.4, -0.2) is 52.0 Å². The Kier molecular flexibility index (Phi) is 4.07. The van der Waals surface area contributed by atoms with Gasteiger partial charge >= 0.3 is 11.7 Å². The molecule has 0 aromatic carbocycles. The highest BCUT2D eigenvalue weighted by Crippen LogP contribution is 2.31. The smallest absolute Gasteiger partial charge is 0.374 e. The van der Waals surface area contributed by atoms with Crippen LogP contribution in [0.15, 0.2) is 11.3 Å². The molecule has 0 saturated heterocycles. The third kappa shape index (κ3) is 2.49. The van der Waals surface area contributed by atoms with Crippen LogP contribution in [0.1, 0.15) is 26.3 Å². The summed E-state index contributed by atoms with van der Waals surface area (Å²) in [6.07, 6.45) is 1.62. The number of hydrogen-bond donors (Lipinski definition) is 0. The number of methoxy groups -OCH3 is 1. The molecule has 1 aliphatic rings. The number of aromatic nitrogens is 2. The highest BCUT2D eigenvalue weighted by Gasteiger charge is 2.51. The molecule has 9 nitrogen and oxygen atoms in total. The van der Waals surface area contributed by atoms with Gasteiger partial charge in [-0.2, -0.15) is 5.01 Å². The molecule has 1 atom stereocenters. The van der Waals surface area contributed by atoms with Crippen molar-refractivity contribution >= 4 is 17.8 Å². The van der Waals surface area contributed by atoms with E-state index in [2.05, 4.69) is 10.2 Å². The van der Waals surface area contributed by atoms with Crippen molar-refractivity contribution in [2.45, 2.75) is 26.5 Å². The van der Waals surface area contributed by atoms with Gasteiger partial charge in [-0.25, -0.2) is 4.79 Å². The first-order valence-electron chi connectivity index (χ1n) is 6.67. The molecule has 120 valence electrons. The second-order valence-corrected chi connectivity index (χ2v) is 4.77. The number of rotatable bonds is 4. The van der Waals surface area contributed by atoms with E-state index in [1.165, 1.54) is 25.6 Å². The van der Waals surface area contributed by atoms with Crippen molar-refractivity contribution < 1.29 is 23.8 Å². The van der Waals surface area contributed by atoms with E-state index in [1.807, 2.05) is 0 Å². The van der Waals surface area contributed by atoms with E-state index in [-0.39, 0.29) is 18.4 Å². The summed E-state index contributed by atoms with van der Waals surface area (Å²) < 4.78 is 17.2. The summed E-state index contributed by atoms with van der Waals surface area (Å²) in [6.45, 7) is 4.54. The number of amides is 1. The zero-order chi connectivity index (χ0) is 16.5. The van der Waals surface area contributed by atoms with Crippen LogP contribution < -0.4 is 4.74 Å². The van der Waals surface area contributed by atoms with E-state index in [0.717, 1.165) is 5.01 Å². The van der Waals surface area contributed by atoms with E-state index in [4.69, 9.17) is 14.2 Å². The lowest BCUT2D eigenvalue weighted by molar-refractivity contribution is -0.180. The Balaban J connectivity index is 2.42. The van der Waals surface area contributed by atoms with Crippen molar-refractivity contribution in [1.82, 2.24) is 14.8 Å². The largest absolute Gasteiger partial charge is 0.479 e. The van der Waals surface area contributed by atoms with Gasteiger partial charge in [-0.3, -0.25) is 9.48 Å². The maximum atomic E-state index is 12.2. The molecule has 0 saturated carbocycles. The van der Waals surface area contributed by atoms with Gasteiger partial charge in [0.05, 0.1) is 13.7 Å². The van der Waals surface area contributed by atoms with Gasteiger partial charge in [-0.1, -0.05) is 0 Å². The predicted molar refractivity (Wildman–Crippen MR) is 74.9 cm³/mol. The molecule has 1 aromatic heterocycles. The third-order valence-electron chi connectivity index (χ3n) is 3.06. The molecular weight excluding hydrogens is 292 g/mol. The van der Waals surface area contributed by atoms with Crippen LogP contribution >= 0.6 is 0 Å². The molecule has 0 bridgehead atoms. The first kappa shape index (κ1) is 15.8. The Morgan fingerprint density at radius 3 is 2.68 bits per heavy atom. The SMILES string of the molecule is CCOC(=O)C1(C)OC(c2cn(C)nc2OC)=NN1C(C)=O. The predicted octanol–water partition coefficient (Wildman–Crippen LogP) is 0.248. The Labute approximate surface area is 127 Å². The van der Waals surface area contributed by atoms with Crippen molar-refractivity contribution in [1.29, 1.82) is 0 Å². The van der Waals surface area contributed by atoms with E-state index in [9.17, 15) is 9.59 Å². The van der Waals surface area contributed by atoms with Crippen LogP contribution in [0.5, 0.6) is 5.88 Å². The molecule has 9 heteroatoms. The van der Waals surface area contributed by atoms with Gasteiger partial charge in [0.25, 0.3) is 0 Å². The fourth-order valence-electron chi connectivity index (χ4n) is 2.08. The number of aryl methyl sites for hydroxylation is 1. The topological polar surface area (TPSA) is 95.2 Å². The van der Waals surface area contributed by atoms with Crippen molar-refractivity contribution in [3.8, 4) is 5.88 Å². The molecule has 2 rings (SSSR count). The minimum absolute atomic E-state index is 0.0655. The fourth-order valence-corrected chi connectivity index (χ4v) is 2.08. The number of ether oxygens (including phenoxy) is 3. The number of nitrogens with zero attached hydrogens (tertiary/aromatic N) is 4. The third-order valence-corrected chi connectivity index (χ3v) is 3.06. The average molecular weight is 310 g/mol. The van der Waals surface area contributed by atoms with Crippen LogP contribution in [0.4, 0.5) is 0 Å². The van der Waals surface area contributed by atoms with Gasteiger partial charge in [0.2, 0.25) is 17.7 Å². The Bertz CT molecular complexity index is 638. The lowest BCUT2D eigenvalue weighted by Crippen LogP contribution is -2.51. The van der Waals surface area contributed by atoms with Gasteiger partial charge < -0.3 is 14.2 Å². The van der Waals surface area contributed by atoms with Crippen LogP contribution in [0, 0.1) is 0 Å². The van der Waals surface area contributed by atoms with Crippen molar-refractivity contribution in [2.24, 2.45) is 12.1 Å². The maximum absolute atomic E-state index is 12.2. The van der Waals surface area contributed by atoms with E-state index < -0.39 is 17.6 Å². The maximum Gasteiger partial charge on any atom is 0.374 e. The first-order chi connectivity index (χ1) is 10.3. The van der Waals surface area contributed by atoms with E-state index in [0.29, 0.717) is 5.56 Å². The highest BCUT2D eigenvalue weighted by molar-refractivity contribution is 6.01. The summed E-state index contributed by atoms with van der Waals surface area (Å²) in [4.78, 5) is 23.9. The van der Waals surface area contributed by atoms with Gasteiger partial charge in [-0.05, 0) is 6.92 Å². The fraction of sp³-hybridized carbons (Fsp3) is 0.538. The monoisotopic (exact) mass is 310 g/mol. The summed E-state index contributed by atoms with van der Waals surface area (Å²) in [5, 5.41) is 9.12. The number of carbonyl (C=O) groups is 2. The zero-order valence-corrected chi connectivity index (χ0v) is 13.1. The van der Waals surface area contributed by atoms with Crippen molar-refractivity contribution in [2.75, 3.05) is 13.7 Å². The van der Waals surface area contributed by atoms with Crippen molar-refractivity contribution in [3.63, 3.8) is 0 Å². The Morgan fingerprint density at radius 1 is 1.45 bits per heavy atom. The summed E-state index contributed by atoms with van der Waals surface area (Å²) in [5.41, 5.74) is -1.22. The quantitative estimate of drug-likeness (QED) is 0.740. The lowest BCUT2D eigenvalue weighted by Gasteiger charge is -2.27. The number of hydrazone groups is 1. The zero-order valence-electron chi connectivity index (χ0n) is 13.1. The lowest BCUT2D eigenvalue weighted by atomic mass is 10.2. The van der Waals surface area contributed by atoms with E-state index in [1.54, 1.807) is 20.2 Å². The molecule has 0 radical (unpaired) electrons. The molecule has 0 N–H and O–H groups in total. The highest BCUT2D eigenvalue weighted by atomic mass is 16.6. The molecule has 1 aromatic rings. The molecule has 1 aliphatic heterocycles. The van der Waals surface area contributed by atoms with Crippen LogP contribution in [0.25, 0.3) is 0 Å². The second kappa shape index (κ2) is 5.66. The Hall–Kier alpha value is -2.58. The Morgan fingerprint density at radius 2 is 2.14 bits per heavy atom. The van der Waals surface area contributed by atoms with Crippen LogP contribution in [-0.2, 0) is 26.1 Å². The molecule has 1 unspecified atom stereocenters. The van der Waals surface area contributed by atoms with Crippen molar-refractivity contribution in [3.05, 3.63) is 11.8 Å². The molecule has 0 spiro atoms. The number of esters is 1. The number of hydrogen-bond acceptors (Lipinski definition) is 7. The van der Waals surface area contributed by atoms with Gasteiger partial charge in [0.15, 0.2) is 0 Å². The first-order valence-corrected chi connectivity index (χ1v) is 6.67. The van der Waals surface area contributed by atoms with Gasteiger partial charge in [0, 0.05) is 27.1 Å². The summed E-state index contributed by atoms with van der Waals surface area (Å²) in [7, 11) is 3.16. The normalized spacial score (nSPS) is 20.4. The molecule has 2 heterocycles. The molecule has 0 aliphatic carbocycles. The molecule has 1 amide bonds. The minimum atomic E-state index is -1.65. The summed E-state index contributed by atoms with van der Waals surface area (Å²) >= 11 is 0. The summed E-state index contributed by atoms with van der Waals surface area (Å²) in [5.74, 6) is -0.811. The van der Waals surface area contributed by atoms with Crippen LogP contribution in [0.3, 0.4) is 0 Å². The standard InChI is InChI=1S/C13H18N4O5/c1-6-21-12(19)13(3)17(8(2)18)15-11(22-13)9-7-16(4)14-10(9)20-5/h7H,6H2,1-5H3. The average Bonchev–Trinajstić information content (AvgIpc) is 3.00. The van der Waals surface area contributed by atoms with Gasteiger partial charge in [0.1, 0.15) is 5.56 Å². The minimum Gasteiger partial charge on any atom is -0.479 e. The molecular formula is C13H18N4O5.